The van der Waals surface area contributed by atoms with E-state index in [1.807, 2.05) is 36.6 Å². The lowest BCUT2D eigenvalue weighted by molar-refractivity contribution is 0.0991. The predicted octanol–water partition coefficient (Wildman–Crippen LogP) is 4.14. The summed E-state index contributed by atoms with van der Waals surface area (Å²) in [6.07, 6.45) is 2.69. The van der Waals surface area contributed by atoms with Crippen molar-refractivity contribution in [3.05, 3.63) is 53.1 Å². The molecule has 0 spiro atoms. The van der Waals surface area contributed by atoms with Gasteiger partial charge in [-0.2, -0.15) is 4.31 Å². The molecule has 152 valence electrons. The Morgan fingerprint density at radius 3 is 2.55 bits per heavy atom. The van der Waals surface area contributed by atoms with E-state index < -0.39 is 15.9 Å². The van der Waals surface area contributed by atoms with Crippen molar-refractivity contribution in [2.45, 2.75) is 31.3 Å². The van der Waals surface area contributed by atoms with E-state index in [2.05, 4.69) is 10.3 Å². The molecule has 0 atom stereocenters. The van der Waals surface area contributed by atoms with Crippen molar-refractivity contribution in [1.29, 1.82) is 0 Å². The number of amides is 1. The third-order valence-corrected chi connectivity index (χ3v) is 7.32. The van der Waals surface area contributed by atoms with Crippen LogP contribution in [0.4, 0.5) is 5.13 Å². The largest absolute Gasteiger partial charge is 0.438 e. The van der Waals surface area contributed by atoms with Crippen LogP contribution in [-0.4, -0.2) is 36.7 Å². The molecule has 0 unspecified atom stereocenters. The monoisotopic (exact) mass is 431 g/mol. The maximum absolute atomic E-state index is 12.7. The van der Waals surface area contributed by atoms with Crippen LogP contribution in [0.2, 0.25) is 0 Å². The Hall–Kier alpha value is -2.49. The minimum atomic E-state index is -3.71. The molecule has 0 radical (unpaired) electrons. The molecule has 1 fully saturated rings. The van der Waals surface area contributed by atoms with Gasteiger partial charge in [0.05, 0.1) is 5.69 Å². The SMILES string of the molecule is Cc1ccc(-c2csc(NC(=O)c3ccc(S(=O)(=O)N4CCCCC4)o3)n2)cc1. The van der Waals surface area contributed by atoms with E-state index in [0.29, 0.717) is 18.2 Å². The Balaban J connectivity index is 1.46. The molecule has 9 heteroatoms. The number of sulfonamides is 1. The first-order chi connectivity index (χ1) is 13.9. The highest BCUT2D eigenvalue weighted by atomic mass is 32.2. The standard InChI is InChI=1S/C20H21N3O4S2/c1-14-5-7-15(8-6-14)16-13-28-20(21-16)22-19(24)17-9-10-18(27-17)29(25,26)23-11-3-2-4-12-23/h5-10,13H,2-4,11-12H2,1H3,(H,21,22,24). The van der Waals surface area contributed by atoms with Gasteiger partial charge in [0.25, 0.3) is 15.9 Å². The summed E-state index contributed by atoms with van der Waals surface area (Å²) in [5, 5.41) is 4.74. The van der Waals surface area contributed by atoms with Gasteiger partial charge in [-0.3, -0.25) is 10.1 Å². The lowest BCUT2D eigenvalue weighted by Crippen LogP contribution is -2.35. The second-order valence-corrected chi connectivity index (χ2v) is 9.67. The average molecular weight is 432 g/mol. The quantitative estimate of drug-likeness (QED) is 0.655. The first-order valence-corrected chi connectivity index (χ1v) is 11.7. The van der Waals surface area contributed by atoms with Gasteiger partial charge < -0.3 is 4.42 Å². The van der Waals surface area contributed by atoms with Crippen LogP contribution in [0.5, 0.6) is 0 Å². The summed E-state index contributed by atoms with van der Waals surface area (Å²) >= 11 is 1.30. The zero-order chi connectivity index (χ0) is 20.4. The minimum absolute atomic E-state index is 0.0623. The number of anilines is 1. The van der Waals surface area contributed by atoms with Gasteiger partial charge in [-0.05, 0) is 31.9 Å². The number of benzene rings is 1. The van der Waals surface area contributed by atoms with Gasteiger partial charge in [0.2, 0.25) is 5.09 Å². The van der Waals surface area contributed by atoms with Crippen LogP contribution in [0.1, 0.15) is 35.4 Å². The minimum Gasteiger partial charge on any atom is -0.438 e. The summed E-state index contributed by atoms with van der Waals surface area (Å²) in [6.45, 7) is 2.97. The fraction of sp³-hybridized carbons (Fsp3) is 0.300. The number of aryl methyl sites for hydroxylation is 1. The number of aromatic nitrogens is 1. The number of nitrogens with zero attached hydrogens (tertiary/aromatic N) is 2. The van der Waals surface area contributed by atoms with Crippen molar-refractivity contribution in [1.82, 2.24) is 9.29 Å². The summed E-state index contributed by atoms with van der Waals surface area (Å²) < 4.78 is 32.1. The predicted molar refractivity (Wildman–Crippen MR) is 112 cm³/mol. The summed E-state index contributed by atoms with van der Waals surface area (Å²) in [7, 11) is -3.71. The highest BCUT2D eigenvalue weighted by Gasteiger charge is 2.29. The molecule has 29 heavy (non-hydrogen) atoms. The van der Waals surface area contributed by atoms with Crippen molar-refractivity contribution in [2.75, 3.05) is 18.4 Å². The van der Waals surface area contributed by atoms with Gasteiger partial charge in [0.1, 0.15) is 0 Å². The van der Waals surface area contributed by atoms with Crippen LogP contribution < -0.4 is 5.32 Å². The topological polar surface area (TPSA) is 92.5 Å². The maximum Gasteiger partial charge on any atom is 0.293 e. The molecule has 1 aliphatic rings. The van der Waals surface area contributed by atoms with Gasteiger partial charge in [-0.1, -0.05) is 36.2 Å². The number of furan rings is 1. The zero-order valence-electron chi connectivity index (χ0n) is 15.9. The number of piperidine rings is 1. The summed E-state index contributed by atoms with van der Waals surface area (Å²) in [5.41, 5.74) is 2.88. The smallest absolute Gasteiger partial charge is 0.293 e. The second kappa shape index (κ2) is 8.10. The number of rotatable bonds is 5. The van der Waals surface area contributed by atoms with Crippen molar-refractivity contribution in [3.63, 3.8) is 0 Å². The van der Waals surface area contributed by atoms with Crippen LogP contribution >= 0.6 is 11.3 Å². The van der Waals surface area contributed by atoms with Gasteiger partial charge >= 0.3 is 0 Å². The lowest BCUT2D eigenvalue weighted by atomic mass is 10.1. The van der Waals surface area contributed by atoms with Gasteiger partial charge in [-0.25, -0.2) is 13.4 Å². The van der Waals surface area contributed by atoms with Crippen LogP contribution in [0.3, 0.4) is 0 Å². The Morgan fingerprint density at radius 1 is 1.10 bits per heavy atom. The molecule has 7 nitrogen and oxygen atoms in total. The molecule has 1 N–H and O–H groups in total. The van der Waals surface area contributed by atoms with E-state index in [9.17, 15) is 13.2 Å². The Bertz CT molecular complexity index is 1110. The molecule has 4 rings (SSSR count). The van der Waals surface area contributed by atoms with E-state index >= 15 is 0 Å². The number of nitrogens with one attached hydrogen (secondary N) is 1. The fourth-order valence-corrected chi connectivity index (χ4v) is 5.30. The first kappa shape index (κ1) is 19.8. The molecule has 0 aliphatic carbocycles. The Labute approximate surface area is 173 Å². The van der Waals surface area contributed by atoms with Gasteiger partial charge in [-0.15, -0.1) is 11.3 Å². The summed E-state index contributed by atoms with van der Waals surface area (Å²) in [5.74, 6) is -0.595. The molecular weight excluding hydrogens is 410 g/mol. The molecule has 1 aromatic carbocycles. The van der Waals surface area contributed by atoms with Crippen LogP contribution in [0, 0.1) is 6.92 Å². The van der Waals surface area contributed by atoms with Crippen molar-refractivity contribution in [2.24, 2.45) is 0 Å². The number of thiazole rings is 1. The fourth-order valence-electron chi connectivity index (χ4n) is 3.16. The van der Waals surface area contributed by atoms with Crippen molar-refractivity contribution in [3.8, 4) is 11.3 Å². The molecule has 2 aromatic heterocycles. The van der Waals surface area contributed by atoms with E-state index in [1.54, 1.807) is 0 Å². The number of hydrogen-bond acceptors (Lipinski definition) is 6. The first-order valence-electron chi connectivity index (χ1n) is 9.37. The Morgan fingerprint density at radius 2 is 1.83 bits per heavy atom. The summed E-state index contributed by atoms with van der Waals surface area (Å²) in [6, 6.07) is 10.7. The van der Waals surface area contributed by atoms with E-state index in [-0.39, 0.29) is 10.9 Å². The molecular formula is C20H21N3O4S2. The maximum atomic E-state index is 12.7. The normalized spacial score (nSPS) is 15.3. The second-order valence-electron chi connectivity index (χ2n) is 6.94. The molecule has 1 amide bonds. The molecule has 3 aromatic rings. The van der Waals surface area contributed by atoms with Crippen molar-refractivity contribution < 1.29 is 17.6 Å². The number of carbonyl (C=O) groups is 1. The van der Waals surface area contributed by atoms with E-state index in [0.717, 1.165) is 36.1 Å². The molecule has 0 saturated carbocycles. The van der Waals surface area contributed by atoms with Crippen LogP contribution in [-0.2, 0) is 10.0 Å². The molecule has 1 saturated heterocycles. The van der Waals surface area contributed by atoms with E-state index in [4.69, 9.17) is 4.42 Å². The summed E-state index contributed by atoms with van der Waals surface area (Å²) in [4.78, 5) is 16.9. The zero-order valence-corrected chi connectivity index (χ0v) is 17.6. The van der Waals surface area contributed by atoms with Crippen LogP contribution in [0.15, 0.2) is 51.3 Å². The number of carbonyl (C=O) groups excluding carboxylic acids is 1. The highest BCUT2D eigenvalue weighted by molar-refractivity contribution is 7.89. The van der Waals surface area contributed by atoms with Crippen LogP contribution in [0.25, 0.3) is 11.3 Å². The third kappa shape index (κ3) is 4.26. The number of hydrogen-bond donors (Lipinski definition) is 1. The molecule has 1 aliphatic heterocycles. The van der Waals surface area contributed by atoms with Gasteiger partial charge in [0.15, 0.2) is 10.9 Å². The average Bonchev–Trinajstić information content (AvgIpc) is 3.39. The van der Waals surface area contributed by atoms with E-state index in [1.165, 1.54) is 27.8 Å². The highest BCUT2D eigenvalue weighted by Crippen LogP contribution is 2.26. The Kier molecular flexibility index (Phi) is 5.53. The third-order valence-electron chi connectivity index (χ3n) is 4.79. The lowest BCUT2D eigenvalue weighted by Gasteiger charge is -2.24. The van der Waals surface area contributed by atoms with Gasteiger partial charge in [0, 0.05) is 24.0 Å². The molecule has 0 bridgehead atoms. The van der Waals surface area contributed by atoms with Crippen molar-refractivity contribution >= 4 is 32.4 Å². The molecule has 3 heterocycles.